The van der Waals surface area contributed by atoms with Crippen LogP contribution in [-0.4, -0.2) is 57.8 Å². The van der Waals surface area contributed by atoms with E-state index in [0.717, 1.165) is 0 Å². The lowest BCUT2D eigenvalue weighted by atomic mass is 10.2. The van der Waals surface area contributed by atoms with Crippen molar-refractivity contribution in [1.29, 1.82) is 0 Å². The van der Waals surface area contributed by atoms with Crippen molar-refractivity contribution in [3.8, 4) is 0 Å². The molecular formula is C8H17N2O3. The second-order valence-electron chi connectivity index (χ2n) is 2.93. The SMILES string of the molecule is COCC(C(=O)NCC[O])N(C)C. The van der Waals surface area contributed by atoms with Gasteiger partial charge in [-0.25, -0.2) is 5.11 Å². The summed E-state index contributed by atoms with van der Waals surface area (Å²) in [6.45, 7) is 0.212. The van der Waals surface area contributed by atoms with Gasteiger partial charge < -0.3 is 10.1 Å². The Kier molecular flexibility index (Phi) is 6.48. The average molecular weight is 189 g/mol. The van der Waals surface area contributed by atoms with E-state index < -0.39 is 0 Å². The Morgan fingerprint density at radius 3 is 2.54 bits per heavy atom. The minimum atomic E-state index is -0.323. The molecule has 0 aromatic carbocycles. The third-order valence-corrected chi connectivity index (χ3v) is 1.65. The normalized spacial score (nSPS) is 13.0. The van der Waals surface area contributed by atoms with Gasteiger partial charge in [-0.3, -0.25) is 9.69 Å². The van der Waals surface area contributed by atoms with Gasteiger partial charge in [-0.2, -0.15) is 0 Å². The van der Waals surface area contributed by atoms with Crippen LogP contribution in [0.1, 0.15) is 0 Å². The number of amides is 1. The highest BCUT2D eigenvalue weighted by Gasteiger charge is 2.19. The molecule has 1 N–H and O–H groups in total. The molecule has 1 unspecified atom stereocenters. The predicted octanol–water partition coefficient (Wildman–Crippen LogP) is -0.890. The average Bonchev–Trinajstić information content (AvgIpc) is 2.09. The van der Waals surface area contributed by atoms with Crippen LogP contribution in [0, 0.1) is 0 Å². The van der Waals surface area contributed by atoms with Gasteiger partial charge in [0, 0.05) is 13.7 Å². The molecule has 0 aromatic rings. The molecule has 1 amide bonds. The first-order chi connectivity index (χ1) is 6.13. The Hall–Kier alpha value is -0.650. The number of methoxy groups -OCH3 is 1. The van der Waals surface area contributed by atoms with Crippen LogP contribution in [0.3, 0.4) is 0 Å². The van der Waals surface area contributed by atoms with Gasteiger partial charge in [0.25, 0.3) is 0 Å². The summed E-state index contributed by atoms with van der Waals surface area (Å²) in [5.74, 6) is -0.164. The molecule has 0 aliphatic carbocycles. The van der Waals surface area contributed by atoms with E-state index in [1.807, 2.05) is 0 Å². The number of hydrogen-bond donors (Lipinski definition) is 1. The maximum absolute atomic E-state index is 11.4. The molecule has 0 saturated carbocycles. The fourth-order valence-corrected chi connectivity index (χ4v) is 0.909. The van der Waals surface area contributed by atoms with Gasteiger partial charge >= 0.3 is 0 Å². The maximum atomic E-state index is 11.4. The number of ether oxygens (including phenoxy) is 1. The summed E-state index contributed by atoms with van der Waals surface area (Å²) in [7, 11) is 5.12. The molecular weight excluding hydrogens is 172 g/mol. The van der Waals surface area contributed by atoms with E-state index in [-0.39, 0.29) is 25.1 Å². The van der Waals surface area contributed by atoms with Crippen molar-refractivity contribution in [1.82, 2.24) is 10.2 Å². The quantitative estimate of drug-likeness (QED) is 0.589. The third kappa shape index (κ3) is 4.82. The minimum Gasteiger partial charge on any atom is -0.383 e. The van der Waals surface area contributed by atoms with Gasteiger partial charge in [-0.15, -0.1) is 0 Å². The Morgan fingerprint density at radius 1 is 1.54 bits per heavy atom. The Bertz CT molecular complexity index is 150. The highest BCUT2D eigenvalue weighted by Crippen LogP contribution is 1.93. The lowest BCUT2D eigenvalue weighted by Crippen LogP contribution is -2.46. The number of carbonyl (C=O) groups is 1. The molecule has 1 atom stereocenters. The van der Waals surface area contributed by atoms with E-state index in [1.54, 1.807) is 19.0 Å². The molecule has 5 nitrogen and oxygen atoms in total. The van der Waals surface area contributed by atoms with Crippen LogP contribution in [-0.2, 0) is 14.6 Å². The van der Waals surface area contributed by atoms with E-state index in [4.69, 9.17) is 4.74 Å². The fourth-order valence-electron chi connectivity index (χ4n) is 0.909. The first-order valence-corrected chi connectivity index (χ1v) is 4.14. The first-order valence-electron chi connectivity index (χ1n) is 4.14. The molecule has 5 heteroatoms. The van der Waals surface area contributed by atoms with Gasteiger partial charge in [-0.05, 0) is 14.1 Å². The van der Waals surface area contributed by atoms with Gasteiger partial charge in [0.15, 0.2) is 0 Å². The van der Waals surface area contributed by atoms with E-state index in [1.165, 1.54) is 7.11 Å². The topological polar surface area (TPSA) is 61.5 Å². The second kappa shape index (κ2) is 6.82. The number of nitrogens with zero attached hydrogens (tertiary/aromatic N) is 1. The highest BCUT2D eigenvalue weighted by molar-refractivity contribution is 5.81. The molecule has 77 valence electrons. The van der Waals surface area contributed by atoms with Crippen molar-refractivity contribution in [2.45, 2.75) is 6.04 Å². The minimum absolute atomic E-state index is 0.164. The monoisotopic (exact) mass is 189 g/mol. The van der Waals surface area contributed by atoms with Crippen LogP contribution < -0.4 is 5.32 Å². The summed E-state index contributed by atoms with van der Waals surface area (Å²) < 4.78 is 4.89. The molecule has 0 bridgehead atoms. The van der Waals surface area contributed by atoms with E-state index in [9.17, 15) is 9.90 Å². The maximum Gasteiger partial charge on any atom is 0.239 e. The zero-order chi connectivity index (χ0) is 10.3. The molecule has 0 aliphatic heterocycles. The van der Waals surface area contributed by atoms with Crippen molar-refractivity contribution in [2.75, 3.05) is 41.0 Å². The van der Waals surface area contributed by atoms with Gasteiger partial charge in [0.2, 0.25) is 5.91 Å². The molecule has 0 aromatic heterocycles. The van der Waals surface area contributed by atoms with Crippen LogP contribution in [0.5, 0.6) is 0 Å². The third-order valence-electron chi connectivity index (χ3n) is 1.65. The number of nitrogens with one attached hydrogen (secondary N) is 1. The van der Waals surface area contributed by atoms with E-state index in [0.29, 0.717) is 6.61 Å². The zero-order valence-electron chi connectivity index (χ0n) is 8.37. The van der Waals surface area contributed by atoms with Crippen molar-refractivity contribution in [3.05, 3.63) is 0 Å². The zero-order valence-corrected chi connectivity index (χ0v) is 8.37. The summed E-state index contributed by atoms with van der Waals surface area (Å²) in [5.41, 5.74) is 0. The van der Waals surface area contributed by atoms with Gasteiger partial charge in [0.1, 0.15) is 6.04 Å². The van der Waals surface area contributed by atoms with Crippen molar-refractivity contribution in [2.24, 2.45) is 0 Å². The van der Waals surface area contributed by atoms with Crippen molar-refractivity contribution >= 4 is 5.91 Å². The molecule has 0 saturated heterocycles. The molecule has 1 radical (unpaired) electrons. The van der Waals surface area contributed by atoms with Crippen molar-refractivity contribution in [3.63, 3.8) is 0 Å². The fraction of sp³-hybridized carbons (Fsp3) is 0.875. The van der Waals surface area contributed by atoms with Crippen molar-refractivity contribution < 1.29 is 14.6 Å². The first kappa shape index (κ1) is 12.3. The number of carbonyl (C=O) groups excluding carboxylic acids is 1. The Labute approximate surface area is 78.7 Å². The smallest absolute Gasteiger partial charge is 0.239 e. The summed E-state index contributed by atoms with van der Waals surface area (Å²) in [6.07, 6.45) is 0. The summed E-state index contributed by atoms with van der Waals surface area (Å²) in [5, 5.41) is 12.7. The lowest BCUT2D eigenvalue weighted by molar-refractivity contribution is -0.127. The second-order valence-corrected chi connectivity index (χ2v) is 2.93. The predicted molar refractivity (Wildman–Crippen MR) is 47.9 cm³/mol. The Morgan fingerprint density at radius 2 is 2.15 bits per heavy atom. The molecule has 13 heavy (non-hydrogen) atoms. The number of likely N-dealkylation sites (N-methyl/N-ethyl adjacent to an activating group) is 1. The van der Waals surface area contributed by atoms with Crippen LogP contribution in [0.15, 0.2) is 0 Å². The van der Waals surface area contributed by atoms with E-state index >= 15 is 0 Å². The molecule has 0 aliphatic rings. The van der Waals surface area contributed by atoms with Crippen LogP contribution in [0.2, 0.25) is 0 Å². The van der Waals surface area contributed by atoms with Gasteiger partial charge in [-0.1, -0.05) is 0 Å². The molecule has 0 spiro atoms. The van der Waals surface area contributed by atoms with Crippen LogP contribution in [0.25, 0.3) is 0 Å². The lowest BCUT2D eigenvalue weighted by Gasteiger charge is -2.22. The summed E-state index contributed by atoms with van der Waals surface area (Å²) in [6, 6.07) is -0.323. The van der Waals surface area contributed by atoms with Gasteiger partial charge in [0.05, 0.1) is 13.2 Å². The van der Waals surface area contributed by atoms with Crippen LogP contribution in [0.4, 0.5) is 0 Å². The number of rotatable bonds is 6. The number of hydrogen-bond acceptors (Lipinski definition) is 3. The largest absolute Gasteiger partial charge is 0.383 e. The molecule has 0 rings (SSSR count). The van der Waals surface area contributed by atoms with Crippen LogP contribution >= 0.6 is 0 Å². The standard InChI is InChI=1S/C8H17N2O3/c1-10(2)7(6-13-3)8(12)9-4-5-11/h7H,4-6H2,1-3H3,(H,9,12). The summed E-state index contributed by atoms with van der Waals surface area (Å²) in [4.78, 5) is 13.1. The van der Waals surface area contributed by atoms with E-state index in [2.05, 4.69) is 5.32 Å². The molecule has 0 fully saturated rings. The highest BCUT2D eigenvalue weighted by atomic mass is 16.5. The molecule has 0 heterocycles. The Balaban J connectivity index is 3.96. The summed E-state index contributed by atoms with van der Waals surface area (Å²) >= 11 is 0.